The minimum atomic E-state index is -3.21. The third-order valence-electron chi connectivity index (χ3n) is 2.10. The smallest absolute Gasteiger partial charge is 0.192 e. The van der Waals surface area contributed by atoms with E-state index in [9.17, 15) is 8.42 Å². The molecule has 0 aliphatic carbocycles. The first-order chi connectivity index (χ1) is 6.45. The molecule has 0 fully saturated rings. The fourth-order valence-corrected chi connectivity index (χ4v) is 1.72. The lowest BCUT2D eigenvalue weighted by Crippen LogP contribution is -2.53. The molecule has 0 aliphatic heterocycles. The average Bonchev–Trinajstić information content (AvgIpc) is 2.15. The molecule has 78 valence electrons. The van der Waals surface area contributed by atoms with Crippen molar-refractivity contribution in [3.63, 3.8) is 0 Å². The van der Waals surface area contributed by atoms with Crippen LogP contribution in [-0.2, 0) is 9.84 Å². The van der Waals surface area contributed by atoms with Gasteiger partial charge in [0.05, 0.1) is 0 Å². The van der Waals surface area contributed by atoms with Crippen molar-refractivity contribution >= 4 is 9.84 Å². The maximum Gasteiger partial charge on any atom is 0.192 e. The zero-order valence-corrected chi connectivity index (χ0v) is 9.21. The SMILES string of the molecule is CC[C@H]([NH3+])c1ccnc(S(C)(=O)=O)c1. The monoisotopic (exact) mass is 215 g/mol. The van der Waals surface area contributed by atoms with Crippen LogP contribution in [0.5, 0.6) is 0 Å². The molecule has 1 aromatic heterocycles. The molecule has 4 nitrogen and oxygen atoms in total. The highest BCUT2D eigenvalue weighted by Crippen LogP contribution is 2.14. The van der Waals surface area contributed by atoms with Crippen molar-refractivity contribution in [3.8, 4) is 0 Å². The predicted molar refractivity (Wildman–Crippen MR) is 53.3 cm³/mol. The van der Waals surface area contributed by atoms with Crippen LogP contribution in [0.25, 0.3) is 0 Å². The molecular weight excluding hydrogens is 200 g/mol. The number of hydrogen-bond acceptors (Lipinski definition) is 3. The molecule has 0 unspecified atom stereocenters. The summed E-state index contributed by atoms with van der Waals surface area (Å²) in [6.07, 6.45) is 3.55. The largest absolute Gasteiger partial charge is 0.351 e. The van der Waals surface area contributed by atoms with Gasteiger partial charge in [-0.05, 0) is 12.1 Å². The first kappa shape index (κ1) is 11.1. The van der Waals surface area contributed by atoms with Crippen LogP contribution < -0.4 is 5.73 Å². The van der Waals surface area contributed by atoms with Crippen LogP contribution in [0.1, 0.15) is 24.9 Å². The molecule has 0 saturated carbocycles. The summed E-state index contributed by atoms with van der Waals surface area (Å²) >= 11 is 0. The van der Waals surface area contributed by atoms with Gasteiger partial charge >= 0.3 is 0 Å². The Morgan fingerprint density at radius 3 is 2.71 bits per heavy atom. The van der Waals surface area contributed by atoms with Crippen LogP contribution >= 0.6 is 0 Å². The van der Waals surface area contributed by atoms with Crippen LogP contribution in [0.3, 0.4) is 0 Å². The number of nitrogens with zero attached hydrogens (tertiary/aromatic N) is 1. The molecule has 0 aromatic carbocycles. The standard InChI is InChI=1S/C9H14N2O2S/c1-3-8(10)7-4-5-11-9(6-7)14(2,12)13/h4-6,8H,3,10H2,1-2H3/p+1/t8-/m0/s1. The van der Waals surface area contributed by atoms with Gasteiger partial charge in [0.2, 0.25) is 0 Å². The zero-order valence-electron chi connectivity index (χ0n) is 8.40. The third kappa shape index (κ3) is 2.52. The Bertz CT molecular complexity index is 415. The molecule has 1 atom stereocenters. The Kier molecular flexibility index (Phi) is 3.23. The summed E-state index contributed by atoms with van der Waals surface area (Å²) < 4.78 is 22.4. The molecule has 3 N–H and O–H groups in total. The molecule has 0 radical (unpaired) electrons. The minimum absolute atomic E-state index is 0.122. The van der Waals surface area contributed by atoms with Crippen molar-refractivity contribution in [2.45, 2.75) is 24.4 Å². The fraction of sp³-hybridized carbons (Fsp3) is 0.444. The molecule has 1 aromatic rings. The van der Waals surface area contributed by atoms with Crippen LogP contribution in [0, 0.1) is 0 Å². The summed E-state index contributed by atoms with van der Waals surface area (Å²) in [5.41, 5.74) is 4.85. The normalized spacial score (nSPS) is 13.9. The van der Waals surface area contributed by atoms with Crippen molar-refractivity contribution in [1.29, 1.82) is 0 Å². The highest BCUT2D eigenvalue weighted by Gasteiger charge is 2.13. The molecule has 1 rings (SSSR count). The van der Waals surface area contributed by atoms with E-state index in [1.165, 1.54) is 6.20 Å². The van der Waals surface area contributed by atoms with Crippen molar-refractivity contribution in [3.05, 3.63) is 23.9 Å². The van der Waals surface area contributed by atoms with Crippen molar-refractivity contribution in [2.24, 2.45) is 0 Å². The van der Waals surface area contributed by atoms with Crippen molar-refractivity contribution < 1.29 is 14.2 Å². The lowest BCUT2D eigenvalue weighted by atomic mass is 10.1. The van der Waals surface area contributed by atoms with Gasteiger partial charge < -0.3 is 5.73 Å². The minimum Gasteiger partial charge on any atom is -0.351 e. The Labute approximate surface area is 84.1 Å². The van der Waals surface area contributed by atoms with E-state index in [4.69, 9.17) is 0 Å². The highest BCUT2D eigenvalue weighted by atomic mass is 32.2. The van der Waals surface area contributed by atoms with E-state index in [0.29, 0.717) is 0 Å². The maximum absolute atomic E-state index is 11.2. The lowest BCUT2D eigenvalue weighted by molar-refractivity contribution is -0.427. The van der Waals surface area contributed by atoms with E-state index in [1.54, 1.807) is 12.1 Å². The molecule has 0 amide bonds. The second-order valence-corrected chi connectivity index (χ2v) is 5.27. The van der Waals surface area contributed by atoms with Crippen molar-refractivity contribution in [1.82, 2.24) is 4.98 Å². The summed E-state index contributed by atoms with van der Waals surface area (Å²) in [6, 6.07) is 3.52. The van der Waals surface area contributed by atoms with E-state index in [-0.39, 0.29) is 11.1 Å². The number of pyridine rings is 1. The van der Waals surface area contributed by atoms with Gasteiger partial charge in [0.25, 0.3) is 0 Å². The van der Waals surface area contributed by atoms with Gasteiger partial charge in [0, 0.05) is 24.4 Å². The van der Waals surface area contributed by atoms with E-state index in [1.807, 2.05) is 6.92 Å². The zero-order chi connectivity index (χ0) is 10.8. The van der Waals surface area contributed by atoms with Gasteiger partial charge in [-0.3, -0.25) is 0 Å². The Morgan fingerprint density at radius 2 is 2.21 bits per heavy atom. The molecule has 5 heteroatoms. The van der Waals surface area contributed by atoms with Gasteiger partial charge in [-0.15, -0.1) is 0 Å². The summed E-state index contributed by atoms with van der Waals surface area (Å²) in [6.45, 7) is 2.01. The molecule has 0 aliphatic rings. The van der Waals surface area contributed by atoms with Gasteiger partial charge in [0.15, 0.2) is 14.9 Å². The van der Waals surface area contributed by atoms with E-state index < -0.39 is 9.84 Å². The Balaban J connectivity index is 3.14. The van der Waals surface area contributed by atoms with Gasteiger partial charge in [-0.1, -0.05) is 6.92 Å². The number of hydrogen-bond donors (Lipinski definition) is 1. The molecule has 1 heterocycles. The predicted octanol–water partition coefficient (Wildman–Crippen LogP) is 0.178. The number of aromatic nitrogens is 1. The topological polar surface area (TPSA) is 74.7 Å². The second kappa shape index (κ2) is 4.06. The first-order valence-corrected chi connectivity index (χ1v) is 6.33. The first-order valence-electron chi connectivity index (χ1n) is 4.44. The average molecular weight is 215 g/mol. The number of sulfone groups is 1. The van der Waals surface area contributed by atoms with E-state index in [2.05, 4.69) is 10.7 Å². The van der Waals surface area contributed by atoms with Crippen LogP contribution in [0.2, 0.25) is 0 Å². The highest BCUT2D eigenvalue weighted by molar-refractivity contribution is 7.90. The van der Waals surface area contributed by atoms with Crippen LogP contribution in [-0.4, -0.2) is 19.7 Å². The molecular formula is C9H15N2O2S+. The summed E-state index contributed by atoms with van der Waals surface area (Å²) in [5.74, 6) is 0. The van der Waals surface area contributed by atoms with Crippen LogP contribution in [0.15, 0.2) is 23.4 Å². The Hall–Kier alpha value is -0.940. The van der Waals surface area contributed by atoms with E-state index >= 15 is 0 Å². The van der Waals surface area contributed by atoms with E-state index in [0.717, 1.165) is 18.2 Å². The molecule has 0 bridgehead atoms. The summed E-state index contributed by atoms with van der Waals surface area (Å²) in [5, 5.41) is 0.122. The van der Waals surface area contributed by atoms with Crippen molar-refractivity contribution in [2.75, 3.05) is 6.26 Å². The second-order valence-electron chi connectivity index (χ2n) is 3.30. The summed E-state index contributed by atoms with van der Waals surface area (Å²) in [4.78, 5) is 3.81. The Morgan fingerprint density at radius 1 is 1.57 bits per heavy atom. The number of rotatable bonds is 3. The van der Waals surface area contributed by atoms with Crippen LogP contribution in [0.4, 0.5) is 0 Å². The third-order valence-corrected chi connectivity index (χ3v) is 3.09. The number of quaternary nitrogens is 1. The molecule has 0 saturated heterocycles. The fourth-order valence-electron chi connectivity index (χ4n) is 1.12. The molecule has 0 spiro atoms. The van der Waals surface area contributed by atoms with Gasteiger partial charge in [-0.25, -0.2) is 13.4 Å². The van der Waals surface area contributed by atoms with Gasteiger partial charge in [0.1, 0.15) is 6.04 Å². The maximum atomic E-state index is 11.2. The molecule has 14 heavy (non-hydrogen) atoms. The quantitative estimate of drug-likeness (QED) is 0.781. The lowest BCUT2D eigenvalue weighted by Gasteiger charge is -2.06. The summed E-state index contributed by atoms with van der Waals surface area (Å²) in [7, 11) is -3.21. The van der Waals surface area contributed by atoms with Gasteiger partial charge in [-0.2, -0.15) is 0 Å².